The van der Waals surface area contributed by atoms with Crippen LogP contribution in [0.15, 0.2) is 73.6 Å². The first kappa shape index (κ1) is 21.8. The Morgan fingerprint density at radius 2 is 2.03 bits per heavy atom. The van der Waals surface area contributed by atoms with Gasteiger partial charge in [0.25, 0.3) is 0 Å². The molecule has 0 radical (unpaired) electrons. The highest BCUT2D eigenvalue weighted by atomic mass is 19.1. The van der Waals surface area contributed by atoms with Gasteiger partial charge in [0.2, 0.25) is 5.91 Å². The average Bonchev–Trinajstić information content (AvgIpc) is 3.27. The summed E-state index contributed by atoms with van der Waals surface area (Å²) >= 11 is 0. The number of rotatable bonds is 5. The summed E-state index contributed by atoms with van der Waals surface area (Å²) in [4.78, 5) is 18.3. The van der Waals surface area contributed by atoms with Gasteiger partial charge in [0.1, 0.15) is 23.0 Å². The first-order valence-corrected chi connectivity index (χ1v) is 11.3. The Labute approximate surface area is 197 Å². The second kappa shape index (κ2) is 9.09. The van der Waals surface area contributed by atoms with Gasteiger partial charge in [0.15, 0.2) is 0 Å². The molecular formula is C27H25FN4O2. The van der Waals surface area contributed by atoms with Gasteiger partial charge in [-0.05, 0) is 68.3 Å². The highest BCUT2D eigenvalue weighted by Crippen LogP contribution is 2.34. The summed E-state index contributed by atoms with van der Waals surface area (Å²) < 4.78 is 21.8. The van der Waals surface area contributed by atoms with Gasteiger partial charge >= 0.3 is 0 Å². The second-order valence-electron chi connectivity index (χ2n) is 8.46. The number of hydrogen-bond acceptors (Lipinski definition) is 4. The van der Waals surface area contributed by atoms with Crippen LogP contribution in [0.1, 0.15) is 24.4 Å². The molecule has 1 amide bonds. The van der Waals surface area contributed by atoms with Crippen LogP contribution in [0, 0.1) is 12.7 Å². The smallest absolute Gasteiger partial charge is 0.246 e. The number of benzene rings is 2. The Balaban J connectivity index is 1.46. The molecule has 0 bridgehead atoms. The molecule has 0 N–H and O–H groups in total. The quantitative estimate of drug-likeness (QED) is 0.362. The predicted molar refractivity (Wildman–Crippen MR) is 129 cm³/mol. The van der Waals surface area contributed by atoms with Crippen molar-refractivity contribution in [2.45, 2.75) is 25.8 Å². The number of nitrogens with zero attached hydrogens (tertiary/aromatic N) is 4. The maximum Gasteiger partial charge on any atom is 0.246 e. The third-order valence-corrected chi connectivity index (χ3v) is 6.31. The van der Waals surface area contributed by atoms with E-state index in [0.717, 1.165) is 41.5 Å². The molecule has 2 aromatic carbocycles. The highest BCUT2D eigenvalue weighted by molar-refractivity contribution is 5.93. The predicted octanol–water partition coefficient (Wildman–Crippen LogP) is 5.69. The van der Waals surface area contributed by atoms with Gasteiger partial charge in [-0.1, -0.05) is 12.6 Å². The lowest BCUT2D eigenvalue weighted by atomic mass is 10.1. The monoisotopic (exact) mass is 456 g/mol. The van der Waals surface area contributed by atoms with E-state index in [0.29, 0.717) is 23.6 Å². The van der Waals surface area contributed by atoms with Gasteiger partial charge in [0, 0.05) is 42.0 Å². The Morgan fingerprint density at radius 3 is 2.82 bits per heavy atom. The standard InChI is InChI=1S/C27H25FN4O2/c1-3-26(33)31-15-5-6-20(17-31)32-24-13-14-29-16-22(24)27(30-32)19-9-11-21(12-10-19)34-25-8-4-7-23(28)18(25)2/h3-4,7-14,16,20H,1,5-6,15,17H2,2H3. The number of pyridine rings is 1. The molecule has 1 aliphatic rings. The molecule has 1 atom stereocenters. The minimum absolute atomic E-state index is 0.0489. The molecule has 2 aromatic heterocycles. The summed E-state index contributed by atoms with van der Waals surface area (Å²) in [5.74, 6) is 0.759. The molecule has 1 saturated heterocycles. The van der Waals surface area contributed by atoms with Crippen LogP contribution in [0.4, 0.5) is 4.39 Å². The van der Waals surface area contributed by atoms with Crippen LogP contribution in [0.2, 0.25) is 0 Å². The van der Waals surface area contributed by atoms with Crippen LogP contribution in [0.25, 0.3) is 22.2 Å². The molecule has 34 heavy (non-hydrogen) atoms. The van der Waals surface area contributed by atoms with Crippen molar-refractivity contribution < 1.29 is 13.9 Å². The number of likely N-dealkylation sites (tertiary alicyclic amines) is 1. The number of piperidine rings is 1. The molecule has 0 spiro atoms. The molecule has 4 aromatic rings. The third kappa shape index (κ3) is 4.05. The number of carbonyl (C=O) groups excluding carboxylic acids is 1. The van der Waals surface area contributed by atoms with Crippen LogP contribution in [0.5, 0.6) is 11.5 Å². The van der Waals surface area contributed by atoms with Gasteiger partial charge in [-0.15, -0.1) is 0 Å². The van der Waals surface area contributed by atoms with Crippen molar-refractivity contribution in [3.8, 4) is 22.8 Å². The van der Waals surface area contributed by atoms with Gasteiger partial charge < -0.3 is 9.64 Å². The first-order chi connectivity index (χ1) is 16.5. The molecule has 172 valence electrons. The normalized spacial score (nSPS) is 15.9. The SMILES string of the molecule is C=CC(=O)N1CCCC(n2nc(-c3ccc(Oc4cccc(F)c4C)cc3)c3cnccc32)C1. The van der Waals surface area contributed by atoms with Crippen molar-refractivity contribution >= 4 is 16.8 Å². The van der Waals surface area contributed by atoms with E-state index in [9.17, 15) is 9.18 Å². The van der Waals surface area contributed by atoms with E-state index >= 15 is 0 Å². The lowest BCUT2D eigenvalue weighted by Crippen LogP contribution is -2.40. The average molecular weight is 457 g/mol. The van der Waals surface area contributed by atoms with Crippen molar-refractivity contribution in [3.05, 3.63) is 85.0 Å². The third-order valence-electron chi connectivity index (χ3n) is 6.31. The van der Waals surface area contributed by atoms with Gasteiger partial charge in [-0.25, -0.2) is 4.39 Å². The zero-order valence-electron chi connectivity index (χ0n) is 18.9. The molecule has 1 unspecified atom stereocenters. The molecule has 6 nitrogen and oxygen atoms in total. The van der Waals surface area contributed by atoms with Crippen LogP contribution >= 0.6 is 0 Å². The second-order valence-corrected chi connectivity index (χ2v) is 8.46. The number of fused-ring (bicyclic) bond motifs is 1. The number of hydrogen-bond donors (Lipinski definition) is 0. The summed E-state index contributed by atoms with van der Waals surface area (Å²) in [6.45, 7) is 6.65. The van der Waals surface area contributed by atoms with Crippen molar-refractivity contribution in [2.75, 3.05) is 13.1 Å². The molecule has 0 saturated carbocycles. The Bertz CT molecular complexity index is 1360. The molecular weight excluding hydrogens is 431 g/mol. The summed E-state index contributed by atoms with van der Waals surface area (Å²) in [5.41, 5.74) is 3.20. The molecule has 0 aliphatic carbocycles. The van der Waals surface area contributed by atoms with Crippen molar-refractivity contribution in [2.24, 2.45) is 0 Å². The summed E-state index contributed by atoms with van der Waals surface area (Å²) in [6.07, 6.45) is 6.81. The fourth-order valence-electron chi connectivity index (χ4n) is 4.47. The molecule has 1 fully saturated rings. The fraction of sp³-hybridized carbons (Fsp3) is 0.222. The number of ether oxygens (including phenoxy) is 1. The molecule has 1 aliphatic heterocycles. The topological polar surface area (TPSA) is 60.2 Å². The van der Waals surface area contributed by atoms with E-state index in [1.165, 1.54) is 12.1 Å². The van der Waals surface area contributed by atoms with E-state index in [2.05, 4.69) is 11.6 Å². The zero-order valence-corrected chi connectivity index (χ0v) is 18.9. The van der Waals surface area contributed by atoms with E-state index in [-0.39, 0.29) is 17.8 Å². The van der Waals surface area contributed by atoms with Gasteiger partial charge in [0.05, 0.1) is 11.6 Å². The molecule has 5 rings (SSSR count). The Hall–Kier alpha value is -4.00. The summed E-state index contributed by atoms with van der Waals surface area (Å²) in [7, 11) is 0. The summed E-state index contributed by atoms with van der Waals surface area (Å²) in [5, 5.41) is 5.91. The summed E-state index contributed by atoms with van der Waals surface area (Å²) in [6, 6.07) is 14.4. The number of carbonyl (C=O) groups is 1. The van der Waals surface area contributed by atoms with Crippen LogP contribution < -0.4 is 4.74 Å². The maximum absolute atomic E-state index is 13.8. The van der Waals surface area contributed by atoms with Crippen LogP contribution in [-0.2, 0) is 4.79 Å². The lowest BCUT2D eigenvalue weighted by Gasteiger charge is -2.32. The first-order valence-electron chi connectivity index (χ1n) is 11.3. The highest BCUT2D eigenvalue weighted by Gasteiger charge is 2.26. The maximum atomic E-state index is 13.8. The van der Waals surface area contributed by atoms with E-state index in [1.54, 1.807) is 25.3 Å². The van der Waals surface area contributed by atoms with E-state index < -0.39 is 0 Å². The Morgan fingerprint density at radius 1 is 1.21 bits per heavy atom. The molecule has 3 heterocycles. The Kier molecular flexibility index (Phi) is 5.84. The van der Waals surface area contributed by atoms with E-state index in [1.807, 2.05) is 46.1 Å². The minimum atomic E-state index is -0.297. The lowest BCUT2D eigenvalue weighted by molar-refractivity contribution is -0.127. The van der Waals surface area contributed by atoms with Crippen LogP contribution in [-0.4, -0.2) is 38.7 Å². The van der Waals surface area contributed by atoms with Crippen LogP contribution in [0.3, 0.4) is 0 Å². The van der Waals surface area contributed by atoms with Gasteiger partial charge in [-0.3, -0.25) is 14.5 Å². The fourth-order valence-corrected chi connectivity index (χ4v) is 4.47. The van der Waals surface area contributed by atoms with Gasteiger partial charge in [-0.2, -0.15) is 5.10 Å². The zero-order chi connectivity index (χ0) is 23.7. The minimum Gasteiger partial charge on any atom is -0.457 e. The number of halogens is 1. The number of aromatic nitrogens is 3. The van der Waals surface area contributed by atoms with Crippen molar-refractivity contribution in [3.63, 3.8) is 0 Å². The largest absolute Gasteiger partial charge is 0.457 e. The molecule has 7 heteroatoms. The number of amides is 1. The van der Waals surface area contributed by atoms with Crippen molar-refractivity contribution in [1.29, 1.82) is 0 Å². The van der Waals surface area contributed by atoms with E-state index in [4.69, 9.17) is 9.84 Å². The van der Waals surface area contributed by atoms with Crippen molar-refractivity contribution in [1.82, 2.24) is 19.7 Å².